The second kappa shape index (κ2) is 6.44. The van der Waals surface area contributed by atoms with Gasteiger partial charge in [-0.15, -0.1) is 0 Å². The normalized spacial score (nSPS) is 36.1. The average molecular weight is 360 g/mol. The van der Waals surface area contributed by atoms with Crippen molar-refractivity contribution < 1.29 is 4.74 Å². The van der Waals surface area contributed by atoms with Crippen LogP contribution in [0.25, 0.3) is 0 Å². The molecule has 3 saturated heterocycles. The lowest BCUT2D eigenvalue weighted by Crippen LogP contribution is -2.57. The lowest BCUT2D eigenvalue weighted by atomic mass is 9.69. The Morgan fingerprint density at radius 2 is 2.12 bits per heavy atom. The first kappa shape index (κ1) is 18.2. The zero-order chi connectivity index (χ0) is 18.5. The van der Waals surface area contributed by atoms with Crippen LogP contribution in [0.5, 0.6) is 0 Å². The third kappa shape index (κ3) is 3.03. The Kier molecular flexibility index (Phi) is 4.50. The molecule has 0 radical (unpaired) electrons. The topological polar surface area (TPSA) is 52.7 Å². The van der Waals surface area contributed by atoms with E-state index in [0.29, 0.717) is 18.1 Å². The van der Waals surface area contributed by atoms with Crippen LogP contribution >= 0.6 is 0 Å². The smallest absolute Gasteiger partial charge is 0.130 e. The van der Waals surface area contributed by atoms with Crippen LogP contribution in [0.3, 0.4) is 0 Å². The van der Waals surface area contributed by atoms with Crippen LogP contribution in [-0.2, 0) is 11.3 Å². The van der Waals surface area contributed by atoms with Crippen molar-refractivity contribution in [3.8, 4) is 0 Å². The number of ether oxygens (including phenoxy) is 1. The zero-order valence-corrected chi connectivity index (χ0v) is 16.7. The summed E-state index contributed by atoms with van der Waals surface area (Å²) in [6.07, 6.45) is 1.34. The van der Waals surface area contributed by atoms with Crippen LogP contribution in [-0.4, -0.2) is 61.6 Å². The van der Waals surface area contributed by atoms with Gasteiger partial charge in [-0.05, 0) is 46.5 Å². The molecule has 2 unspecified atom stereocenters. The van der Waals surface area contributed by atoms with Gasteiger partial charge in [-0.3, -0.25) is 5.32 Å². The summed E-state index contributed by atoms with van der Waals surface area (Å²) in [5, 5.41) is 7.23. The fourth-order valence-corrected chi connectivity index (χ4v) is 5.04. The van der Waals surface area contributed by atoms with Crippen molar-refractivity contribution in [2.24, 2.45) is 11.3 Å². The second-order valence-electron chi connectivity index (χ2n) is 9.29. The highest BCUT2D eigenvalue weighted by Crippen LogP contribution is 2.52. The van der Waals surface area contributed by atoms with Crippen molar-refractivity contribution in [2.75, 3.05) is 38.8 Å². The van der Waals surface area contributed by atoms with Gasteiger partial charge in [0.05, 0.1) is 24.1 Å². The maximum atomic E-state index is 6.28. The van der Waals surface area contributed by atoms with E-state index in [1.54, 1.807) is 0 Å². The van der Waals surface area contributed by atoms with Gasteiger partial charge in [-0.2, -0.15) is 0 Å². The molecule has 4 heterocycles. The molecule has 0 bridgehead atoms. The van der Waals surface area contributed by atoms with Gasteiger partial charge < -0.3 is 19.9 Å². The quantitative estimate of drug-likeness (QED) is 0.856. The largest absolute Gasteiger partial charge is 0.375 e. The Hall–Kier alpha value is -1.21. The molecule has 3 aliphatic rings. The molecular formula is C20H33N5O. The summed E-state index contributed by atoms with van der Waals surface area (Å²) < 4.78 is 6.28. The Labute approximate surface area is 157 Å². The molecule has 144 valence electrons. The highest BCUT2D eigenvalue weighted by molar-refractivity contribution is 5.46. The monoisotopic (exact) mass is 359 g/mol. The van der Waals surface area contributed by atoms with Crippen LogP contribution in [0, 0.1) is 11.3 Å². The highest BCUT2D eigenvalue weighted by atomic mass is 16.5. The number of aromatic nitrogens is 1. The summed E-state index contributed by atoms with van der Waals surface area (Å²) in [5.74, 6) is 1.61. The van der Waals surface area contributed by atoms with Crippen LogP contribution in [0.1, 0.15) is 32.9 Å². The van der Waals surface area contributed by atoms with Crippen molar-refractivity contribution >= 4 is 5.82 Å². The molecular weight excluding hydrogens is 326 g/mol. The highest BCUT2D eigenvalue weighted by Gasteiger charge is 2.60. The molecule has 6 heteroatoms. The standard InChI is InChI=1S/C20H33N5O/c1-19(2)9-16-20(3,12-26-19)15-10-21-13-22-18(15)25(16)17-8-6-7-14(23-17)11-24(4)5/h6-8,15-16,18,21-22H,9-13H2,1-5H3/t15?,16-,18?,20-/m1/s1. The molecule has 0 aromatic carbocycles. The third-order valence-electron chi connectivity index (χ3n) is 6.42. The van der Waals surface area contributed by atoms with E-state index in [2.05, 4.69) is 73.5 Å². The first-order valence-corrected chi connectivity index (χ1v) is 9.77. The summed E-state index contributed by atoms with van der Waals surface area (Å²) in [6, 6.07) is 6.88. The molecule has 4 atom stereocenters. The molecule has 0 aliphatic carbocycles. The van der Waals surface area contributed by atoms with Crippen LogP contribution in [0.2, 0.25) is 0 Å². The van der Waals surface area contributed by atoms with E-state index < -0.39 is 0 Å². The van der Waals surface area contributed by atoms with Crippen LogP contribution < -0.4 is 15.5 Å². The van der Waals surface area contributed by atoms with E-state index in [9.17, 15) is 0 Å². The van der Waals surface area contributed by atoms with Gasteiger partial charge in [-0.1, -0.05) is 13.0 Å². The minimum absolute atomic E-state index is 0.0927. The predicted octanol–water partition coefficient (Wildman–Crippen LogP) is 1.63. The summed E-state index contributed by atoms with van der Waals surface area (Å²) in [6.45, 7) is 10.4. The molecule has 0 amide bonds. The predicted molar refractivity (Wildman–Crippen MR) is 104 cm³/mol. The SMILES string of the molecule is CN(C)Cc1cccc(N2C3NCNCC3[C@@]3(C)COC(C)(C)C[C@@H]23)n1. The van der Waals surface area contributed by atoms with Crippen molar-refractivity contribution in [2.45, 2.75) is 51.5 Å². The number of anilines is 1. The zero-order valence-electron chi connectivity index (χ0n) is 16.7. The van der Waals surface area contributed by atoms with Gasteiger partial charge in [0, 0.05) is 37.1 Å². The van der Waals surface area contributed by atoms with E-state index in [1.165, 1.54) is 0 Å². The minimum atomic E-state index is -0.0927. The summed E-state index contributed by atoms with van der Waals surface area (Å²) in [5.41, 5.74) is 1.16. The molecule has 4 rings (SSSR count). The first-order valence-electron chi connectivity index (χ1n) is 9.77. The number of hydrogen-bond donors (Lipinski definition) is 2. The molecule has 3 aliphatic heterocycles. The molecule has 2 N–H and O–H groups in total. The van der Waals surface area contributed by atoms with Gasteiger partial charge in [0.15, 0.2) is 0 Å². The van der Waals surface area contributed by atoms with E-state index >= 15 is 0 Å². The Morgan fingerprint density at radius 1 is 1.31 bits per heavy atom. The molecule has 3 fully saturated rings. The number of pyridine rings is 1. The number of rotatable bonds is 3. The molecule has 6 nitrogen and oxygen atoms in total. The summed E-state index contributed by atoms with van der Waals surface area (Å²) >= 11 is 0. The number of fused-ring (bicyclic) bond motifs is 3. The van der Waals surface area contributed by atoms with Crippen molar-refractivity contribution in [3.05, 3.63) is 23.9 Å². The Morgan fingerprint density at radius 3 is 2.88 bits per heavy atom. The Balaban J connectivity index is 1.73. The van der Waals surface area contributed by atoms with Crippen molar-refractivity contribution in [1.29, 1.82) is 0 Å². The molecule has 1 aromatic heterocycles. The van der Waals surface area contributed by atoms with Crippen LogP contribution in [0.4, 0.5) is 5.82 Å². The number of nitrogens with one attached hydrogen (secondary N) is 2. The van der Waals surface area contributed by atoms with E-state index in [-0.39, 0.29) is 11.0 Å². The van der Waals surface area contributed by atoms with Crippen molar-refractivity contribution in [1.82, 2.24) is 20.5 Å². The van der Waals surface area contributed by atoms with E-state index in [1.807, 2.05) is 0 Å². The maximum absolute atomic E-state index is 6.28. The van der Waals surface area contributed by atoms with Crippen LogP contribution in [0.15, 0.2) is 18.2 Å². The van der Waals surface area contributed by atoms with Gasteiger partial charge in [0.2, 0.25) is 0 Å². The van der Waals surface area contributed by atoms with Gasteiger partial charge in [0.25, 0.3) is 0 Å². The fourth-order valence-electron chi connectivity index (χ4n) is 5.04. The number of hydrogen-bond acceptors (Lipinski definition) is 6. The third-order valence-corrected chi connectivity index (χ3v) is 6.42. The van der Waals surface area contributed by atoms with E-state index in [4.69, 9.17) is 9.72 Å². The molecule has 26 heavy (non-hydrogen) atoms. The number of nitrogens with zero attached hydrogens (tertiary/aromatic N) is 3. The lowest BCUT2D eigenvalue weighted by Gasteiger charge is -2.47. The Bertz CT molecular complexity index is 663. The summed E-state index contributed by atoms with van der Waals surface area (Å²) in [7, 11) is 4.18. The first-order chi connectivity index (χ1) is 12.3. The molecule has 0 spiro atoms. The maximum Gasteiger partial charge on any atom is 0.130 e. The van der Waals surface area contributed by atoms with Gasteiger partial charge in [-0.25, -0.2) is 4.98 Å². The average Bonchev–Trinajstić information content (AvgIpc) is 2.83. The molecule has 1 aromatic rings. The van der Waals surface area contributed by atoms with Gasteiger partial charge in [0.1, 0.15) is 5.82 Å². The molecule has 0 saturated carbocycles. The summed E-state index contributed by atoms with van der Waals surface area (Å²) in [4.78, 5) is 9.77. The van der Waals surface area contributed by atoms with Gasteiger partial charge >= 0.3 is 0 Å². The lowest BCUT2D eigenvalue weighted by molar-refractivity contribution is -0.123. The fraction of sp³-hybridized carbons (Fsp3) is 0.750. The van der Waals surface area contributed by atoms with Crippen molar-refractivity contribution in [3.63, 3.8) is 0 Å². The van der Waals surface area contributed by atoms with E-state index in [0.717, 1.165) is 44.3 Å². The second-order valence-corrected chi connectivity index (χ2v) is 9.29. The minimum Gasteiger partial charge on any atom is -0.375 e.